The van der Waals surface area contributed by atoms with Gasteiger partial charge in [-0.05, 0) is 24.3 Å². The lowest BCUT2D eigenvalue weighted by Crippen LogP contribution is -2.13. The summed E-state index contributed by atoms with van der Waals surface area (Å²) in [5, 5.41) is 3.78. The molecule has 0 radical (unpaired) electrons. The average Bonchev–Trinajstić information content (AvgIpc) is 2.40. The van der Waals surface area contributed by atoms with Crippen molar-refractivity contribution in [2.45, 2.75) is 0 Å². The molecule has 0 amide bonds. The molecule has 6 heteroatoms. The fraction of sp³-hybridized carbons (Fsp3) is 0. The van der Waals surface area contributed by atoms with Crippen molar-refractivity contribution in [3.05, 3.63) is 53.2 Å². The van der Waals surface area contributed by atoms with Crippen LogP contribution < -0.4 is 11.0 Å². The molecule has 88 valence electrons. The molecule has 0 bridgehead atoms. The van der Waals surface area contributed by atoms with E-state index < -0.39 is 5.69 Å². The normalized spacial score (nSPS) is 10.4. The van der Waals surface area contributed by atoms with Crippen LogP contribution in [0.4, 0.5) is 11.6 Å². The minimum absolute atomic E-state index is 0.402. The minimum atomic E-state index is -0.445. The Kier molecular flexibility index (Phi) is 2.45. The van der Waals surface area contributed by atoms with Crippen molar-refractivity contribution >= 4 is 22.7 Å². The van der Waals surface area contributed by atoms with Crippen molar-refractivity contribution in [2.24, 2.45) is 0 Å². The minimum Gasteiger partial charge on any atom is -0.326 e. The van der Waals surface area contributed by atoms with E-state index in [0.717, 1.165) is 5.39 Å². The Bertz CT molecular complexity index is 738. The van der Waals surface area contributed by atoms with Crippen LogP contribution in [0.15, 0.2) is 47.5 Å². The van der Waals surface area contributed by atoms with Crippen LogP contribution in [0.25, 0.3) is 11.0 Å². The molecule has 0 saturated carbocycles. The number of nitrogens with zero attached hydrogens (tertiary/aromatic N) is 3. The summed E-state index contributed by atoms with van der Waals surface area (Å²) in [4.78, 5) is 26.1. The largest absolute Gasteiger partial charge is 0.348 e. The molecule has 18 heavy (non-hydrogen) atoms. The van der Waals surface area contributed by atoms with Gasteiger partial charge in [0.25, 0.3) is 0 Å². The van der Waals surface area contributed by atoms with Gasteiger partial charge in [0, 0.05) is 12.4 Å². The van der Waals surface area contributed by atoms with E-state index in [1.165, 1.54) is 0 Å². The monoisotopic (exact) mass is 239 g/mol. The summed E-state index contributed by atoms with van der Waals surface area (Å²) < 4.78 is 0. The topological polar surface area (TPSA) is 83.6 Å². The fourth-order valence-electron chi connectivity index (χ4n) is 1.64. The molecule has 0 atom stereocenters. The Morgan fingerprint density at radius 1 is 1.06 bits per heavy atom. The second-order valence-corrected chi connectivity index (χ2v) is 3.63. The number of hydrogen-bond donors (Lipinski definition) is 2. The number of anilines is 2. The summed E-state index contributed by atoms with van der Waals surface area (Å²) >= 11 is 0. The van der Waals surface area contributed by atoms with Gasteiger partial charge in [0.2, 0.25) is 0 Å². The second kappa shape index (κ2) is 4.25. The first-order valence-corrected chi connectivity index (χ1v) is 5.36. The van der Waals surface area contributed by atoms with Crippen LogP contribution in [0.3, 0.4) is 0 Å². The molecule has 6 nitrogen and oxygen atoms in total. The number of nitrogens with one attached hydrogen (secondary N) is 2. The Morgan fingerprint density at radius 3 is 2.78 bits per heavy atom. The predicted molar refractivity (Wildman–Crippen MR) is 67.7 cm³/mol. The maximum Gasteiger partial charge on any atom is 0.348 e. The quantitative estimate of drug-likeness (QED) is 0.707. The number of pyridine rings is 2. The molecule has 0 unspecified atom stereocenters. The lowest BCUT2D eigenvalue weighted by atomic mass is 10.3. The van der Waals surface area contributed by atoms with E-state index in [0.29, 0.717) is 17.3 Å². The molecule has 3 aromatic heterocycles. The first kappa shape index (κ1) is 10.4. The molecule has 0 aliphatic carbocycles. The Balaban J connectivity index is 2.14. The molecule has 3 rings (SSSR count). The van der Waals surface area contributed by atoms with E-state index in [1.807, 2.05) is 18.2 Å². The van der Waals surface area contributed by atoms with E-state index >= 15 is 0 Å². The summed E-state index contributed by atoms with van der Waals surface area (Å²) in [6.07, 6.45) is 3.27. The van der Waals surface area contributed by atoms with Crippen molar-refractivity contribution in [1.82, 2.24) is 19.9 Å². The molecule has 0 fully saturated rings. The maximum absolute atomic E-state index is 11.4. The van der Waals surface area contributed by atoms with E-state index in [9.17, 15) is 4.79 Å². The van der Waals surface area contributed by atoms with Crippen LogP contribution in [0, 0.1) is 0 Å². The zero-order chi connectivity index (χ0) is 12.4. The number of aromatic amines is 1. The third-order valence-electron chi connectivity index (χ3n) is 2.41. The van der Waals surface area contributed by atoms with Gasteiger partial charge in [-0.2, -0.15) is 4.98 Å². The van der Waals surface area contributed by atoms with Gasteiger partial charge >= 0.3 is 5.69 Å². The number of hydrogen-bond acceptors (Lipinski definition) is 5. The second-order valence-electron chi connectivity index (χ2n) is 3.63. The average molecular weight is 239 g/mol. The molecule has 0 spiro atoms. The van der Waals surface area contributed by atoms with Gasteiger partial charge < -0.3 is 5.32 Å². The number of aromatic nitrogens is 4. The van der Waals surface area contributed by atoms with Gasteiger partial charge in [0.1, 0.15) is 11.6 Å². The first-order valence-electron chi connectivity index (χ1n) is 5.36. The van der Waals surface area contributed by atoms with Gasteiger partial charge in [0.05, 0.1) is 5.39 Å². The SMILES string of the molecule is O=c1nc2ncccc2c(Nc2ccccn2)[nH]1. The van der Waals surface area contributed by atoms with Crippen LogP contribution >= 0.6 is 0 Å². The highest BCUT2D eigenvalue weighted by Gasteiger charge is 2.05. The van der Waals surface area contributed by atoms with Crippen LogP contribution in [0.1, 0.15) is 0 Å². The van der Waals surface area contributed by atoms with Crippen molar-refractivity contribution in [2.75, 3.05) is 5.32 Å². The first-order chi connectivity index (χ1) is 8.83. The van der Waals surface area contributed by atoms with E-state index in [-0.39, 0.29) is 0 Å². The number of rotatable bonds is 2. The third-order valence-corrected chi connectivity index (χ3v) is 2.41. The standard InChI is InChI=1S/C12H9N5O/c18-12-16-10-8(4-3-7-14-10)11(17-12)15-9-5-1-2-6-13-9/h1-7H,(H2,13,14,15,16,17,18). The molecule has 0 aromatic carbocycles. The van der Waals surface area contributed by atoms with Crippen LogP contribution in [0.5, 0.6) is 0 Å². The molecular formula is C12H9N5O. The van der Waals surface area contributed by atoms with Crippen LogP contribution in [-0.2, 0) is 0 Å². The summed E-state index contributed by atoms with van der Waals surface area (Å²) in [5.74, 6) is 1.18. The van der Waals surface area contributed by atoms with Crippen LogP contribution in [0.2, 0.25) is 0 Å². The lowest BCUT2D eigenvalue weighted by molar-refractivity contribution is 1.09. The maximum atomic E-state index is 11.4. The van der Waals surface area contributed by atoms with Gasteiger partial charge in [-0.25, -0.2) is 14.8 Å². The highest BCUT2D eigenvalue weighted by atomic mass is 16.1. The molecule has 0 saturated heterocycles. The lowest BCUT2D eigenvalue weighted by Gasteiger charge is -2.06. The van der Waals surface area contributed by atoms with Gasteiger partial charge in [-0.1, -0.05) is 6.07 Å². The Morgan fingerprint density at radius 2 is 1.94 bits per heavy atom. The summed E-state index contributed by atoms with van der Waals surface area (Å²) in [6.45, 7) is 0. The van der Waals surface area contributed by atoms with Crippen molar-refractivity contribution in [3.63, 3.8) is 0 Å². The zero-order valence-electron chi connectivity index (χ0n) is 9.29. The van der Waals surface area contributed by atoms with Gasteiger partial charge in [-0.15, -0.1) is 0 Å². The zero-order valence-corrected chi connectivity index (χ0v) is 9.29. The summed E-state index contributed by atoms with van der Waals surface area (Å²) in [7, 11) is 0. The molecule has 3 aromatic rings. The van der Waals surface area contributed by atoms with E-state index in [1.54, 1.807) is 24.5 Å². The summed E-state index contributed by atoms with van der Waals surface area (Å²) in [6, 6.07) is 9.10. The fourth-order valence-corrected chi connectivity index (χ4v) is 1.64. The Hall–Kier alpha value is -2.76. The number of H-pyrrole nitrogens is 1. The van der Waals surface area contributed by atoms with Crippen molar-refractivity contribution in [1.29, 1.82) is 0 Å². The van der Waals surface area contributed by atoms with Crippen molar-refractivity contribution in [3.8, 4) is 0 Å². The van der Waals surface area contributed by atoms with Crippen molar-refractivity contribution < 1.29 is 0 Å². The third kappa shape index (κ3) is 1.91. The molecular weight excluding hydrogens is 230 g/mol. The molecule has 0 aliphatic rings. The summed E-state index contributed by atoms with van der Waals surface area (Å²) in [5.41, 5.74) is -0.0423. The molecule has 3 heterocycles. The highest BCUT2D eigenvalue weighted by molar-refractivity contribution is 5.87. The Labute approximate surface area is 102 Å². The van der Waals surface area contributed by atoms with Crippen LogP contribution in [-0.4, -0.2) is 19.9 Å². The van der Waals surface area contributed by atoms with Gasteiger partial charge in [-0.3, -0.25) is 4.98 Å². The highest BCUT2D eigenvalue weighted by Crippen LogP contribution is 2.18. The van der Waals surface area contributed by atoms with E-state index in [4.69, 9.17) is 0 Å². The van der Waals surface area contributed by atoms with E-state index in [2.05, 4.69) is 25.3 Å². The molecule has 0 aliphatic heterocycles. The predicted octanol–water partition coefficient (Wildman–Crippen LogP) is 1.46. The number of fused-ring (bicyclic) bond motifs is 1. The van der Waals surface area contributed by atoms with Gasteiger partial charge in [0.15, 0.2) is 5.65 Å². The molecule has 2 N–H and O–H groups in total. The smallest absolute Gasteiger partial charge is 0.326 e.